The van der Waals surface area contributed by atoms with Crippen LogP contribution in [-0.2, 0) is 23.9 Å². The van der Waals surface area contributed by atoms with Crippen molar-refractivity contribution >= 4 is 34.7 Å². The first kappa shape index (κ1) is 29.1. The van der Waals surface area contributed by atoms with Crippen LogP contribution in [0.25, 0.3) is 0 Å². The number of hydrogen-bond donors (Lipinski definition) is 1. The van der Waals surface area contributed by atoms with Crippen LogP contribution in [0.4, 0.5) is 18.9 Å². The van der Waals surface area contributed by atoms with E-state index in [4.69, 9.17) is 15.2 Å². The Bertz CT molecular complexity index is 1620. The minimum Gasteiger partial charge on any atom is -0.465 e. The van der Waals surface area contributed by atoms with Crippen LogP contribution < -0.4 is 10.6 Å². The van der Waals surface area contributed by atoms with Crippen molar-refractivity contribution in [3.05, 3.63) is 111 Å². The molecule has 0 radical (unpaired) electrons. The highest BCUT2D eigenvalue weighted by atomic mass is 32.1. The molecule has 5 rings (SSSR count). The van der Waals surface area contributed by atoms with Gasteiger partial charge in [0.05, 0.1) is 30.4 Å². The molecule has 3 atom stereocenters. The fourth-order valence-corrected chi connectivity index (χ4v) is 6.53. The van der Waals surface area contributed by atoms with Crippen LogP contribution in [0.3, 0.4) is 0 Å². The highest BCUT2D eigenvalue weighted by Crippen LogP contribution is 2.52. The fourth-order valence-electron chi connectivity index (χ4n) is 5.67. The van der Waals surface area contributed by atoms with Gasteiger partial charge in [-0.05, 0) is 49.9 Å². The average Bonchev–Trinajstić information content (AvgIpc) is 3.49. The van der Waals surface area contributed by atoms with E-state index in [1.54, 1.807) is 31.4 Å². The monoisotopic (exact) mass is 596 g/mol. The number of esters is 2. The van der Waals surface area contributed by atoms with E-state index in [1.165, 1.54) is 40.5 Å². The first-order chi connectivity index (χ1) is 20.2. The van der Waals surface area contributed by atoms with Gasteiger partial charge in [0, 0.05) is 33.7 Å². The Labute approximate surface area is 244 Å². The maximum atomic E-state index is 15.5. The molecule has 3 unspecified atom stereocenters. The normalized spacial score (nSPS) is 20.5. The molecule has 0 bridgehead atoms. The van der Waals surface area contributed by atoms with Gasteiger partial charge in [-0.2, -0.15) is 0 Å². The molecule has 0 spiro atoms. The molecule has 3 aromatic rings. The molecule has 2 heterocycles. The van der Waals surface area contributed by atoms with Crippen LogP contribution in [0, 0.1) is 23.4 Å². The summed E-state index contributed by atoms with van der Waals surface area (Å²) in [5, 5.41) is 1.79. The summed E-state index contributed by atoms with van der Waals surface area (Å²) in [5.74, 6) is -8.80. The van der Waals surface area contributed by atoms with Crippen LogP contribution >= 0.6 is 11.3 Å². The van der Waals surface area contributed by atoms with Crippen molar-refractivity contribution in [2.75, 3.05) is 18.1 Å². The zero-order valence-corrected chi connectivity index (χ0v) is 23.6. The number of ether oxygens (including phenoxy) is 2. The minimum absolute atomic E-state index is 0.0102. The molecular weight excluding hydrogens is 569 g/mol. The Balaban J connectivity index is 1.85. The van der Waals surface area contributed by atoms with Crippen molar-refractivity contribution < 1.29 is 37.0 Å². The molecule has 0 saturated carbocycles. The van der Waals surface area contributed by atoms with E-state index in [-0.39, 0.29) is 53.5 Å². The van der Waals surface area contributed by atoms with E-state index in [1.807, 2.05) is 0 Å². The highest BCUT2D eigenvalue weighted by Gasteiger charge is 2.52. The van der Waals surface area contributed by atoms with E-state index in [0.29, 0.717) is 10.9 Å². The summed E-state index contributed by atoms with van der Waals surface area (Å²) in [6.07, 6.45) is -0.0242. The number of Topliss-reactive ketones (excluding diaryl/α,β-unsaturated/α-hetero) is 1. The minimum atomic E-state index is -1.38. The summed E-state index contributed by atoms with van der Waals surface area (Å²) in [6.45, 7) is 3.11. The van der Waals surface area contributed by atoms with Crippen LogP contribution in [-0.4, -0.2) is 30.9 Å². The number of carbonyl (C=O) groups excluding carboxylic acids is 3. The summed E-state index contributed by atoms with van der Waals surface area (Å²) in [4.78, 5) is 43.2. The predicted molar refractivity (Wildman–Crippen MR) is 150 cm³/mol. The summed E-state index contributed by atoms with van der Waals surface area (Å²) in [5.41, 5.74) is 6.06. The molecule has 0 amide bonds. The Hall–Kier alpha value is -4.38. The second-order valence-electron chi connectivity index (χ2n) is 9.69. The largest absolute Gasteiger partial charge is 0.465 e. The van der Waals surface area contributed by atoms with Gasteiger partial charge in [0.2, 0.25) is 0 Å². The first-order valence-electron chi connectivity index (χ1n) is 13.3. The van der Waals surface area contributed by atoms with E-state index in [2.05, 4.69) is 0 Å². The molecule has 2 aromatic carbocycles. The number of hydrogen-bond acceptors (Lipinski definition) is 8. The molecule has 0 fully saturated rings. The van der Waals surface area contributed by atoms with Crippen molar-refractivity contribution in [3.63, 3.8) is 0 Å². The number of allylic oxidation sites excluding steroid dienone is 2. The second kappa shape index (κ2) is 11.8. The zero-order chi connectivity index (χ0) is 30.1. The van der Waals surface area contributed by atoms with E-state index in [0.717, 1.165) is 12.1 Å². The van der Waals surface area contributed by atoms with Crippen LogP contribution in [0.2, 0.25) is 0 Å². The number of thiophene rings is 1. The first-order valence-corrected chi connectivity index (χ1v) is 14.2. The SMILES string of the molecule is CCOC(=O)C1=C(N)N(c2ccc(F)cc2F)C2=C(C(=O)C(C(=O)OCC)C(c3cccs3)C2)C1c1ccccc1F. The Morgan fingerprint density at radius 2 is 1.74 bits per heavy atom. The third kappa shape index (κ3) is 4.98. The van der Waals surface area contributed by atoms with E-state index >= 15 is 8.78 Å². The van der Waals surface area contributed by atoms with Gasteiger partial charge in [0.25, 0.3) is 0 Å². The van der Waals surface area contributed by atoms with Gasteiger partial charge in [-0.3, -0.25) is 14.5 Å². The number of halogens is 3. The number of benzene rings is 2. The Morgan fingerprint density at radius 1 is 1.00 bits per heavy atom. The topological polar surface area (TPSA) is 98.9 Å². The van der Waals surface area contributed by atoms with E-state index < -0.39 is 52.9 Å². The molecule has 1 aromatic heterocycles. The molecule has 1 aliphatic heterocycles. The maximum Gasteiger partial charge on any atom is 0.338 e. The van der Waals surface area contributed by atoms with Gasteiger partial charge in [0.1, 0.15) is 29.2 Å². The molecule has 0 saturated heterocycles. The average molecular weight is 597 g/mol. The zero-order valence-electron chi connectivity index (χ0n) is 22.7. The van der Waals surface area contributed by atoms with Crippen LogP contribution in [0.15, 0.2) is 82.6 Å². The molecule has 2 aliphatic rings. The molecular formula is C31H27F3N2O5S. The number of anilines is 1. The Kier molecular flexibility index (Phi) is 8.22. The second-order valence-corrected chi connectivity index (χ2v) is 10.7. The smallest absolute Gasteiger partial charge is 0.338 e. The number of nitrogens with two attached hydrogens (primary N) is 1. The standard InChI is InChI=1S/C31H27F3N2O5S/c1-3-40-30(38)25-18(23-10-7-13-42-23)15-22-26(28(25)37)24(17-8-5-6-9-19(17)33)27(31(39)41-4-2)29(35)36(22)21-12-11-16(32)14-20(21)34/h5-14,18,24-25H,3-4,15,35H2,1-2H3. The number of rotatable bonds is 7. The van der Waals surface area contributed by atoms with Gasteiger partial charge in [0.15, 0.2) is 5.78 Å². The molecule has 218 valence electrons. The van der Waals surface area contributed by atoms with Crippen molar-refractivity contribution in [1.82, 2.24) is 0 Å². The molecule has 42 heavy (non-hydrogen) atoms. The van der Waals surface area contributed by atoms with Crippen molar-refractivity contribution in [2.24, 2.45) is 11.7 Å². The third-order valence-corrected chi connectivity index (χ3v) is 8.35. The summed E-state index contributed by atoms with van der Waals surface area (Å²) < 4.78 is 55.4. The molecule has 1 aliphatic carbocycles. The quantitative estimate of drug-likeness (QED) is 0.276. The van der Waals surface area contributed by atoms with Gasteiger partial charge in [-0.25, -0.2) is 18.0 Å². The summed E-state index contributed by atoms with van der Waals surface area (Å²) in [6, 6.07) is 11.9. The maximum absolute atomic E-state index is 15.5. The molecule has 11 heteroatoms. The van der Waals surface area contributed by atoms with Crippen molar-refractivity contribution in [3.8, 4) is 0 Å². The van der Waals surface area contributed by atoms with Gasteiger partial charge >= 0.3 is 11.9 Å². The lowest BCUT2D eigenvalue weighted by Gasteiger charge is -2.43. The molecule has 7 nitrogen and oxygen atoms in total. The lowest BCUT2D eigenvalue weighted by molar-refractivity contribution is -0.152. The van der Waals surface area contributed by atoms with Crippen LogP contribution in [0.1, 0.15) is 42.5 Å². The number of carbonyl (C=O) groups is 3. The Morgan fingerprint density at radius 3 is 2.38 bits per heavy atom. The fraction of sp³-hybridized carbons (Fsp3) is 0.258. The highest BCUT2D eigenvalue weighted by molar-refractivity contribution is 7.10. The summed E-state index contributed by atoms with van der Waals surface area (Å²) in [7, 11) is 0. The summed E-state index contributed by atoms with van der Waals surface area (Å²) >= 11 is 1.32. The van der Waals surface area contributed by atoms with Gasteiger partial charge in [-0.15, -0.1) is 11.3 Å². The van der Waals surface area contributed by atoms with Gasteiger partial charge < -0.3 is 15.2 Å². The predicted octanol–water partition coefficient (Wildman–Crippen LogP) is 5.69. The van der Waals surface area contributed by atoms with Crippen molar-refractivity contribution in [1.29, 1.82) is 0 Å². The van der Waals surface area contributed by atoms with Crippen molar-refractivity contribution in [2.45, 2.75) is 32.1 Å². The number of ketones is 1. The third-order valence-electron chi connectivity index (χ3n) is 7.35. The van der Waals surface area contributed by atoms with Gasteiger partial charge in [-0.1, -0.05) is 24.3 Å². The lowest BCUT2D eigenvalue weighted by atomic mass is 9.68. The lowest BCUT2D eigenvalue weighted by Crippen LogP contribution is -2.46. The molecule has 2 N–H and O–H groups in total. The van der Waals surface area contributed by atoms with Crippen LogP contribution in [0.5, 0.6) is 0 Å². The number of nitrogens with zero attached hydrogens (tertiary/aromatic N) is 1. The van der Waals surface area contributed by atoms with E-state index in [9.17, 15) is 18.8 Å².